The smallest absolute Gasteiger partial charge is 0.230 e. The van der Waals surface area contributed by atoms with Crippen molar-refractivity contribution in [2.75, 3.05) is 12.3 Å². The van der Waals surface area contributed by atoms with E-state index >= 15 is 0 Å². The Hall–Kier alpha value is -1.75. The van der Waals surface area contributed by atoms with Crippen LogP contribution in [0, 0.1) is 0 Å². The van der Waals surface area contributed by atoms with E-state index in [4.69, 9.17) is 0 Å². The van der Waals surface area contributed by atoms with E-state index < -0.39 is 0 Å². The summed E-state index contributed by atoms with van der Waals surface area (Å²) in [6.45, 7) is 4.06. The minimum absolute atomic E-state index is 0.00745. The van der Waals surface area contributed by atoms with E-state index in [-0.39, 0.29) is 5.91 Å². The molecule has 18 heavy (non-hydrogen) atoms. The third-order valence-electron chi connectivity index (χ3n) is 2.52. The van der Waals surface area contributed by atoms with Crippen molar-refractivity contribution >= 4 is 28.7 Å². The molecule has 1 aromatic carbocycles. The first-order chi connectivity index (χ1) is 8.72. The minimum Gasteiger partial charge on any atom is -0.352 e. The zero-order chi connectivity index (χ0) is 13.0. The maximum Gasteiger partial charge on any atom is 0.230 e. The summed E-state index contributed by atoms with van der Waals surface area (Å²) < 4.78 is 2.00. The second-order valence-corrected chi connectivity index (χ2v) is 4.77. The number of fused-ring (bicyclic) bond motifs is 1. The molecule has 0 aliphatic carbocycles. The lowest BCUT2D eigenvalue weighted by Crippen LogP contribution is -2.25. The number of carbonyl (C=O) groups is 1. The van der Waals surface area contributed by atoms with Crippen molar-refractivity contribution in [1.82, 2.24) is 14.9 Å². The number of carbonyl (C=O) groups excluding carboxylic acids is 1. The highest BCUT2D eigenvalue weighted by Gasteiger charge is 2.09. The van der Waals surface area contributed by atoms with Crippen LogP contribution in [0.1, 0.15) is 0 Å². The fourth-order valence-electron chi connectivity index (χ4n) is 1.62. The maximum atomic E-state index is 11.5. The quantitative estimate of drug-likeness (QED) is 0.661. The van der Waals surface area contributed by atoms with Crippen LogP contribution >= 0.6 is 11.8 Å². The molecule has 0 unspecified atom stereocenters. The monoisotopic (exact) mass is 261 g/mol. The van der Waals surface area contributed by atoms with Gasteiger partial charge in [0.2, 0.25) is 5.91 Å². The number of amides is 1. The average molecular weight is 261 g/mol. The summed E-state index contributed by atoms with van der Waals surface area (Å²) in [7, 11) is 1.96. The summed E-state index contributed by atoms with van der Waals surface area (Å²) in [6.07, 6.45) is 1.66. The van der Waals surface area contributed by atoms with Crippen LogP contribution < -0.4 is 5.32 Å². The summed E-state index contributed by atoms with van der Waals surface area (Å²) in [5.41, 5.74) is 2.03. The van der Waals surface area contributed by atoms with Gasteiger partial charge in [-0.25, -0.2) is 4.98 Å². The zero-order valence-electron chi connectivity index (χ0n) is 10.2. The number of benzene rings is 1. The number of imidazole rings is 1. The first kappa shape index (κ1) is 12.7. The molecule has 94 valence electrons. The minimum atomic E-state index is -0.00745. The van der Waals surface area contributed by atoms with E-state index in [1.165, 1.54) is 11.8 Å². The molecule has 0 fully saturated rings. The molecule has 0 bridgehead atoms. The fraction of sp³-hybridized carbons (Fsp3) is 0.231. The number of rotatable bonds is 5. The molecular formula is C13H15N3OS. The van der Waals surface area contributed by atoms with E-state index in [1.54, 1.807) is 6.08 Å². The van der Waals surface area contributed by atoms with Crippen LogP contribution in [0.3, 0.4) is 0 Å². The Labute approximate surface area is 110 Å². The van der Waals surface area contributed by atoms with Gasteiger partial charge in [-0.3, -0.25) is 4.79 Å². The molecule has 5 heteroatoms. The molecule has 0 aliphatic rings. The normalized spacial score (nSPS) is 10.5. The average Bonchev–Trinajstić information content (AvgIpc) is 2.71. The number of nitrogens with zero attached hydrogens (tertiary/aromatic N) is 2. The molecule has 1 heterocycles. The van der Waals surface area contributed by atoms with Crippen LogP contribution in [0.25, 0.3) is 11.0 Å². The third kappa shape index (κ3) is 2.73. The zero-order valence-corrected chi connectivity index (χ0v) is 11.0. The van der Waals surface area contributed by atoms with Crippen molar-refractivity contribution in [2.45, 2.75) is 5.16 Å². The summed E-state index contributed by atoms with van der Waals surface area (Å²) in [6, 6.07) is 7.93. The predicted molar refractivity (Wildman–Crippen MR) is 74.6 cm³/mol. The highest BCUT2D eigenvalue weighted by Crippen LogP contribution is 2.22. The van der Waals surface area contributed by atoms with Gasteiger partial charge in [0.25, 0.3) is 0 Å². The number of para-hydroxylation sites is 2. The van der Waals surface area contributed by atoms with Gasteiger partial charge in [0.05, 0.1) is 16.8 Å². The standard InChI is InChI=1S/C13H15N3OS/c1-3-8-14-12(17)9-18-13-15-10-6-4-5-7-11(10)16(13)2/h3-7H,1,8-9H2,2H3,(H,14,17). The number of hydrogen-bond acceptors (Lipinski definition) is 3. The lowest BCUT2D eigenvalue weighted by Gasteiger charge is -2.02. The Morgan fingerprint density at radius 1 is 1.56 bits per heavy atom. The molecule has 0 aliphatic heterocycles. The lowest BCUT2D eigenvalue weighted by molar-refractivity contribution is -0.118. The SMILES string of the molecule is C=CCNC(=O)CSc1nc2ccccc2n1C. The second kappa shape index (κ2) is 5.73. The lowest BCUT2D eigenvalue weighted by atomic mass is 10.3. The second-order valence-electron chi connectivity index (χ2n) is 3.82. The maximum absolute atomic E-state index is 11.5. The Morgan fingerprint density at radius 3 is 3.06 bits per heavy atom. The Kier molecular flexibility index (Phi) is 4.04. The Balaban J connectivity index is 2.05. The van der Waals surface area contributed by atoms with Gasteiger partial charge in [0.15, 0.2) is 5.16 Å². The van der Waals surface area contributed by atoms with Gasteiger partial charge in [0, 0.05) is 13.6 Å². The van der Waals surface area contributed by atoms with Crippen LogP contribution in [0.4, 0.5) is 0 Å². The molecule has 2 aromatic rings. The molecule has 1 amide bonds. The molecule has 0 saturated carbocycles. The van der Waals surface area contributed by atoms with E-state index in [9.17, 15) is 4.79 Å². The van der Waals surface area contributed by atoms with Crippen molar-refractivity contribution in [3.05, 3.63) is 36.9 Å². The largest absolute Gasteiger partial charge is 0.352 e. The molecule has 2 rings (SSSR count). The van der Waals surface area contributed by atoms with Gasteiger partial charge >= 0.3 is 0 Å². The van der Waals surface area contributed by atoms with Crippen molar-refractivity contribution in [1.29, 1.82) is 0 Å². The van der Waals surface area contributed by atoms with Crippen LogP contribution in [0.2, 0.25) is 0 Å². The van der Waals surface area contributed by atoms with Crippen LogP contribution in [-0.4, -0.2) is 27.8 Å². The predicted octanol–water partition coefficient (Wildman–Crippen LogP) is 1.97. The van der Waals surface area contributed by atoms with Crippen molar-refractivity contribution < 1.29 is 4.79 Å². The molecule has 1 aromatic heterocycles. The fourth-order valence-corrected chi connectivity index (χ4v) is 2.44. The molecule has 0 atom stereocenters. The third-order valence-corrected chi connectivity index (χ3v) is 3.55. The molecule has 0 radical (unpaired) electrons. The Morgan fingerprint density at radius 2 is 2.33 bits per heavy atom. The number of hydrogen-bond donors (Lipinski definition) is 1. The van der Waals surface area contributed by atoms with Crippen molar-refractivity contribution in [2.24, 2.45) is 7.05 Å². The number of nitrogens with one attached hydrogen (secondary N) is 1. The number of thioether (sulfide) groups is 1. The summed E-state index contributed by atoms with van der Waals surface area (Å²) in [5, 5.41) is 3.59. The molecule has 0 spiro atoms. The topological polar surface area (TPSA) is 46.9 Å². The molecule has 4 nitrogen and oxygen atoms in total. The Bertz CT molecular complexity index is 577. The van der Waals surface area contributed by atoms with Crippen molar-refractivity contribution in [3.8, 4) is 0 Å². The van der Waals surface area contributed by atoms with Gasteiger partial charge in [-0.2, -0.15) is 0 Å². The molecular weight excluding hydrogens is 246 g/mol. The van der Waals surface area contributed by atoms with Crippen molar-refractivity contribution in [3.63, 3.8) is 0 Å². The van der Waals surface area contributed by atoms with Crippen LogP contribution in [0.5, 0.6) is 0 Å². The van der Waals surface area contributed by atoms with Gasteiger partial charge in [-0.05, 0) is 12.1 Å². The molecule has 0 saturated heterocycles. The number of aryl methyl sites for hydroxylation is 1. The van der Waals surface area contributed by atoms with E-state index in [2.05, 4.69) is 16.9 Å². The first-order valence-electron chi connectivity index (χ1n) is 5.64. The molecule has 1 N–H and O–H groups in total. The van der Waals surface area contributed by atoms with E-state index in [0.29, 0.717) is 12.3 Å². The number of aromatic nitrogens is 2. The van der Waals surface area contributed by atoms with Gasteiger partial charge in [-0.1, -0.05) is 30.0 Å². The summed E-state index contributed by atoms with van der Waals surface area (Å²) >= 11 is 1.44. The highest BCUT2D eigenvalue weighted by molar-refractivity contribution is 7.99. The van der Waals surface area contributed by atoms with Gasteiger partial charge in [-0.15, -0.1) is 6.58 Å². The van der Waals surface area contributed by atoms with E-state index in [1.807, 2.05) is 35.9 Å². The van der Waals surface area contributed by atoms with Crippen LogP contribution in [0.15, 0.2) is 42.1 Å². The summed E-state index contributed by atoms with van der Waals surface area (Å²) in [5.74, 6) is 0.359. The van der Waals surface area contributed by atoms with E-state index in [0.717, 1.165) is 16.2 Å². The van der Waals surface area contributed by atoms with Gasteiger partial charge < -0.3 is 9.88 Å². The van der Waals surface area contributed by atoms with Crippen LogP contribution in [-0.2, 0) is 11.8 Å². The van der Waals surface area contributed by atoms with Gasteiger partial charge in [0.1, 0.15) is 0 Å². The first-order valence-corrected chi connectivity index (χ1v) is 6.63. The summed E-state index contributed by atoms with van der Waals surface area (Å²) in [4.78, 5) is 16.0. The highest BCUT2D eigenvalue weighted by atomic mass is 32.2.